The van der Waals surface area contributed by atoms with Crippen LogP contribution >= 0.6 is 0 Å². The number of aromatic nitrogens is 4. The molecule has 1 aliphatic rings. The van der Waals surface area contributed by atoms with Gasteiger partial charge in [0, 0.05) is 56.4 Å². The second-order valence-corrected chi connectivity index (χ2v) is 7.52. The van der Waals surface area contributed by atoms with E-state index in [0.29, 0.717) is 6.54 Å². The smallest absolute Gasteiger partial charge is 0.137 e. The van der Waals surface area contributed by atoms with Crippen LogP contribution in [0, 0.1) is 6.92 Å². The van der Waals surface area contributed by atoms with Crippen molar-refractivity contribution in [2.45, 2.75) is 26.4 Å². The SMILES string of the molecule is COc1ccc(CN2CCCN(c3ccncc3C)CC2)cc1Cn1cncn1. The number of pyridine rings is 1. The van der Waals surface area contributed by atoms with Gasteiger partial charge in [0.05, 0.1) is 13.7 Å². The van der Waals surface area contributed by atoms with Crippen LogP contribution in [0.25, 0.3) is 0 Å². The molecule has 0 spiro atoms. The van der Waals surface area contributed by atoms with Gasteiger partial charge in [0.25, 0.3) is 0 Å². The minimum absolute atomic E-state index is 0.659. The standard InChI is InChI=1S/C22H28N6O/c1-18-13-23-7-6-21(18)27-9-3-8-26(10-11-27)14-19-4-5-22(29-2)20(12-19)15-28-17-24-16-25-28/h4-7,12-13,16-17H,3,8-11,14-15H2,1-2H3. The lowest BCUT2D eigenvalue weighted by Gasteiger charge is -2.25. The van der Waals surface area contributed by atoms with Gasteiger partial charge < -0.3 is 9.64 Å². The van der Waals surface area contributed by atoms with E-state index in [2.05, 4.69) is 56.1 Å². The average molecular weight is 393 g/mol. The van der Waals surface area contributed by atoms with Crippen LogP contribution in [0.3, 0.4) is 0 Å². The zero-order valence-electron chi connectivity index (χ0n) is 17.2. The quantitative estimate of drug-likeness (QED) is 0.643. The molecule has 1 fully saturated rings. The maximum atomic E-state index is 5.55. The van der Waals surface area contributed by atoms with Crippen LogP contribution in [0.4, 0.5) is 5.69 Å². The lowest BCUT2D eigenvalue weighted by atomic mass is 10.1. The van der Waals surface area contributed by atoms with E-state index in [0.717, 1.165) is 50.5 Å². The third kappa shape index (κ3) is 4.74. The first-order valence-corrected chi connectivity index (χ1v) is 10.1. The summed E-state index contributed by atoms with van der Waals surface area (Å²) < 4.78 is 7.37. The minimum Gasteiger partial charge on any atom is -0.496 e. The molecule has 1 aromatic carbocycles. The molecular formula is C22H28N6O. The molecule has 1 aliphatic heterocycles. The zero-order chi connectivity index (χ0) is 20.1. The number of nitrogens with zero attached hydrogens (tertiary/aromatic N) is 6. The summed E-state index contributed by atoms with van der Waals surface area (Å²) in [5, 5.41) is 4.22. The Kier molecular flexibility index (Phi) is 6.05. The minimum atomic E-state index is 0.659. The number of anilines is 1. The fourth-order valence-electron chi connectivity index (χ4n) is 3.99. The number of hydrogen-bond acceptors (Lipinski definition) is 6. The topological polar surface area (TPSA) is 59.3 Å². The summed E-state index contributed by atoms with van der Waals surface area (Å²) in [7, 11) is 1.71. The first-order valence-electron chi connectivity index (χ1n) is 10.1. The summed E-state index contributed by atoms with van der Waals surface area (Å²) in [4.78, 5) is 13.3. The molecule has 7 heteroatoms. The molecule has 3 aromatic rings. The van der Waals surface area contributed by atoms with Crippen molar-refractivity contribution in [3.8, 4) is 5.75 Å². The Bertz CT molecular complexity index is 927. The number of methoxy groups -OCH3 is 1. The van der Waals surface area contributed by atoms with Crippen LogP contribution in [-0.4, -0.2) is 57.9 Å². The van der Waals surface area contributed by atoms with Gasteiger partial charge in [-0.25, -0.2) is 9.67 Å². The first-order chi connectivity index (χ1) is 14.2. The summed E-state index contributed by atoms with van der Waals surface area (Å²) in [5.41, 5.74) is 4.98. The second kappa shape index (κ2) is 9.05. The number of aryl methyl sites for hydroxylation is 1. The van der Waals surface area contributed by atoms with Crippen LogP contribution in [0.15, 0.2) is 49.3 Å². The molecule has 152 valence electrons. The highest BCUT2D eigenvalue weighted by molar-refractivity contribution is 5.51. The predicted molar refractivity (Wildman–Crippen MR) is 113 cm³/mol. The molecule has 0 saturated carbocycles. The summed E-state index contributed by atoms with van der Waals surface area (Å²) in [6.45, 7) is 8.01. The number of hydrogen-bond donors (Lipinski definition) is 0. The van der Waals surface area contributed by atoms with Crippen LogP contribution in [-0.2, 0) is 13.1 Å². The Morgan fingerprint density at radius 2 is 1.97 bits per heavy atom. The largest absolute Gasteiger partial charge is 0.496 e. The average Bonchev–Trinajstić information content (AvgIpc) is 3.13. The van der Waals surface area contributed by atoms with Crippen LogP contribution in [0.1, 0.15) is 23.1 Å². The molecule has 0 atom stereocenters. The molecular weight excluding hydrogens is 364 g/mol. The Hall–Kier alpha value is -2.93. The van der Waals surface area contributed by atoms with Crippen LogP contribution in [0.2, 0.25) is 0 Å². The van der Waals surface area contributed by atoms with E-state index >= 15 is 0 Å². The van der Waals surface area contributed by atoms with E-state index in [4.69, 9.17) is 4.74 Å². The molecule has 2 aromatic heterocycles. The molecule has 0 bridgehead atoms. The molecule has 0 unspecified atom stereocenters. The highest BCUT2D eigenvalue weighted by Crippen LogP contribution is 2.23. The van der Waals surface area contributed by atoms with Crippen molar-refractivity contribution in [2.24, 2.45) is 0 Å². The summed E-state index contributed by atoms with van der Waals surface area (Å²) in [6.07, 6.45) is 8.29. The maximum absolute atomic E-state index is 5.55. The molecule has 4 rings (SSSR count). The maximum Gasteiger partial charge on any atom is 0.137 e. The summed E-state index contributed by atoms with van der Waals surface area (Å²) in [5.74, 6) is 0.888. The molecule has 7 nitrogen and oxygen atoms in total. The molecule has 29 heavy (non-hydrogen) atoms. The molecule has 0 N–H and O–H groups in total. The highest BCUT2D eigenvalue weighted by Gasteiger charge is 2.17. The van der Waals surface area contributed by atoms with E-state index in [1.807, 2.05) is 17.1 Å². The monoisotopic (exact) mass is 392 g/mol. The van der Waals surface area contributed by atoms with Crippen molar-refractivity contribution in [1.29, 1.82) is 0 Å². The van der Waals surface area contributed by atoms with Crippen molar-refractivity contribution in [2.75, 3.05) is 38.2 Å². The Labute approximate surface area is 172 Å². The van der Waals surface area contributed by atoms with Gasteiger partial charge in [-0.3, -0.25) is 9.88 Å². The molecule has 0 radical (unpaired) electrons. The first kappa shape index (κ1) is 19.4. The van der Waals surface area contributed by atoms with Crippen LogP contribution in [0.5, 0.6) is 5.75 Å². The van der Waals surface area contributed by atoms with Gasteiger partial charge in [-0.2, -0.15) is 5.10 Å². The van der Waals surface area contributed by atoms with Gasteiger partial charge in [0.1, 0.15) is 18.4 Å². The van der Waals surface area contributed by atoms with Crippen molar-refractivity contribution < 1.29 is 4.74 Å². The van der Waals surface area contributed by atoms with E-state index in [-0.39, 0.29) is 0 Å². The van der Waals surface area contributed by atoms with Gasteiger partial charge >= 0.3 is 0 Å². The normalized spacial score (nSPS) is 15.3. The van der Waals surface area contributed by atoms with E-state index in [1.54, 1.807) is 19.8 Å². The Morgan fingerprint density at radius 3 is 2.76 bits per heavy atom. The molecule has 0 amide bonds. The molecule has 1 saturated heterocycles. The lowest BCUT2D eigenvalue weighted by Crippen LogP contribution is -2.30. The Balaban J connectivity index is 1.43. The number of benzene rings is 1. The predicted octanol–water partition coefficient (Wildman–Crippen LogP) is 2.75. The number of ether oxygens (including phenoxy) is 1. The van der Waals surface area contributed by atoms with Gasteiger partial charge in [0.15, 0.2) is 0 Å². The van der Waals surface area contributed by atoms with Crippen molar-refractivity contribution in [1.82, 2.24) is 24.6 Å². The third-order valence-electron chi connectivity index (χ3n) is 5.47. The summed E-state index contributed by atoms with van der Waals surface area (Å²) in [6, 6.07) is 8.59. The van der Waals surface area contributed by atoms with Crippen molar-refractivity contribution >= 4 is 5.69 Å². The van der Waals surface area contributed by atoms with Gasteiger partial charge in [0.2, 0.25) is 0 Å². The Morgan fingerprint density at radius 1 is 1.03 bits per heavy atom. The van der Waals surface area contributed by atoms with E-state index in [9.17, 15) is 0 Å². The van der Waals surface area contributed by atoms with E-state index in [1.165, 1.54) is 16.8 Å². The lowest BCUT2D eigenvalue weighted by molar-refractivity contribution is 0.285. The third-order valence-corrected chi connectivity index (χ3v) is 5.47. The molecule has 3 heterocycles. The highest BCUT2D eigenvalue weighted by atomic mass is 16.5. The van der Waals surface area contributed by atoms with E-state index < -0.39 is 0 Å². The van der Waals surface area contributed by atoms with Crippen molar-refractivity contribution in [3.63, 3.8) is 0 Å². The van der Waals surface area contributed by atoms with Crippen molar-refractivity contribution in [3.05, 3.63) is 66.0 Å². The van der Waals surface area contributed by atoms with Gasteiger partial charge in [-0.1, -0.05) is 6.07 Å². The fraction of sp³-hybridized carbons (Fsp3) is 0.409. The molecule has 0 aliphatic carbocycles. The fourth-order valence-corrected chi connectivity index (χ4v) is 3.99. The van der Waals surface area contributed by atoms with Gasteiger partial charge in [-0.05, 0) is 42.7 Å². The second-order valence-electron chi connectivity index (χ2n) is 7.52. The van der Waals surface area contributed by atoms with Gasteiger partial charge in [-0.15, -0.1) is 0 Å². The number of rotatable bonds is 6. The van der Waals surface area contributed by atoms with Crippen LogP contribution < -0.4 is 9.64 Å². The summed E-state index contributed by atoms with van der Waals surface area (Å²) >= 11 is 0. The zero-order valence-corrected chi connectivity index (χ0v) is 17.2.